The molecule has 0 aliphatic carbocycles. The van der Waals surface area contributed by atoms with Crippen molar-refractivity contribution in [3.05, 3.63) is 35.4 Å². The van der Waals surface area contributed by atoms with Crippen molar-refractivity contribution in [1.82, 2.24) is 10.6 Å². The molecular formula is C14H15F5N2O2. The average Bonchev–Trinajstić information content (AvgIpc) is 2.98. The monoisotopic (exact) mass is 338 g/mol. The maximum Gasteiger partial charge on any atom is 0.413 e. The molecule has 0 radical (unpaired) electrons. The molecule has 0 spiro atoms. The third-order valence-corrected chi connectivity index (χ3v) is 3.41. The van der Waals surface area contributed by atoms with Gasteiger partial charge in [-0.25, -0.2) is 13.6 Å². The van der Waals surface area contributed by atoms with E-state index in [4.69, 9.17) is 4.74 Å². The van der Waals surface area contributed by atoms with Crippen molar-refractivity contribution in [2.45, 2.75) is 31.2 Å². The van der Waals surface area contributed by atoms with Gasteiger partial charge in [-0.2, -0.15) is 13.2 Å². The van der Waals surface area contributed by atoms with E-state index in [0.29, 0.717) is 19.1 Å². The zero-order valence-corrected chi connectivity index (χ0v) is 11.9. The fourth-order valence-electron chi connectivity index (χ4n) is 2.27. The van der Waals surface area contributed by atoms with Crippen molar-refractivity contribution >= 4 is 6.03 Å². The maximum absolute atomic E-state index is 13.6. The third kappa shape index (κ3) is 4.54. The van der Waals surface area contributed by atoms with Gasteiger partial charge in [-0.15, -0.1) is 0 Å². The molecule has 1 aliphatic rings. The molecule has 0 bridgehead atoms. The van der Waals surface area contributed by atoms with Crippen LogP contribution in [0.15, 0.2) is 18.2 Å². The van der Waals surface area contributed by atoms with Crippen LogP contribution in [0.5, 0.6) is 0 Å². The second-order valence-electron chi connectivity index (χ2n) is 5.11. The van der Waals surface area contributed by atoms with Crippen LogP contribution in [0.4, 0.5) is 26.7 Å². The van der Waals surface area contributed by atoms with Gasteiger partial charge in [0, 0.05) is 18.7 Å². The van der Waals surface area contributed by atoms with Crippen molar-refractivity contribution in [1.29, 1.82) is 0 Å². The molecule has 1 aromatic carbocycles. The number of rotatable bonds is 4. The zero-order valence-electron chi connectivity index (χ0n) is 11.9. The second-order valence-corrected chi connectivity index (χ2v) is 5.11. The van der Waals surface area contributed by atoms with Gasteiger partial charge >= 0.3 is 12.2 Å². The molecule has 0 unspecified atom stereocenters. The van der Waals surface area contributed by atoms with Crippen LogP contribution < -0.4 is 10.6 Å². The summed E-state index contributed by atoms with van der Waals surface area (Å²) in [7, 11) is 0. The van der Waals surface area contributed by atoms with Crippen molar-refractivity contribution < 1.29 is 31.5 Å². The molecule has 2 amide bonds. The van der Waals surface area contributed by atoms with Crippen molar-refractivity contribution in [3.63, 3.8) is 0 Å². The Kier molecular flexibility index (Phi) is 5.40. The Morgan fingerprint density at radius 1 is 1.35 bits per heavy atom. The zero-order chi connectivity index (χ0) is 17.0. The molecule has 0 aromatic heterocycles. The minimum Gasteiger partial charge on any atom is -0.376 e. The molecule has 1 saturated heterocycles. The summed E-state index contributed by atoms with van der Waals surface area (Å²) in [4.78, 5) is 11.6. The number of hydrogen-bond acceptors (Lipinski definition) is 2. The molecule has 2 N–H and O–H groups in total. The van der Waals surface area contributed by atoms with E-state index in [9.17, 15) is 26.7 Å². The Morgan fingerprint density at radius 3 is 2.70 bits per heavy atom. The summed E-state index contributed by atoms with van der Waals surface area (Å²) in [5, 5.41) is 3.87. The highest BCUT2D eigenvalue weighted by atomic mass is 19.4. The Balaban J connectivity index is 2.06. The Labute approximate surface area is 129 Å². The summed E-state index contributed by atoms with van der Waals surface area (Å²) >= 11 is 0. The van der Waals surface area contributed by atoms with Crippen LogP contribution in [0.3, 0.4) is 0 Å². The number of nitrogens with one attached hydrogen (secondary N) is 2. The van der Waals surface area contributed by atoms with E-state index >= 15 is 0 Å². The first-order valence-corrected chi connectivity index (χ1v) is 6.95. The van der Waals surface area contributed by atoms with E-state index in [1.54, 1.807) is 5.32 Å². The molecule has 2 rings (SSSR count). The fraction of sp³-hybridized carbons (Fsp3) is 0.500. The van der Waals surface area contributed by atoms with Crippen LogP contribution >= 0.6 is 0 Å². The number of carbonyl (C=O) groups excluding carboxylic acids is 1. The van der Waals surface area contributed by atoms with E-state index in [-0.39, 0.29) is 12.6 Å². The number of carbonyl (C=O) groups is 1. The standard InChI is InChI=1S/C14H15F5N2O2/c15-10-5-1-4-9(11(10)16)12(14(17,18)19)21-13(22)20-7-8-3-2-6-23-8/h1,4-5,8,12H,2-3,6-7H2,(H2,20,21,22)/t8-,12-/m1/s1. The minimum atomic E-state index is -4.98. The van der Waals surface area contributed by atoms with Crippen LogP contribution in [-0.4, -0.2) is 31.5 Å². The summed E-state index contributed by atoms with van der Waals surface area (Å²) in [5.41, 5.74) is -0.982. The number of amides is 2. The highest BCUT2D eigenvalue weighted by Crippen LogP contribution is 2.34. The van der Waals surface area contributed by atoms with Crippen molar-refractivity contribution in [2.75, 3.05) is 13.2 Å². The maximum atomic E-state index is 13.6. The lowest BCUT2D eigenvalue weighted by atomic mass is 10.1. The smallest absolute Gasteiger partial charge is 0.376 e. The molecule has 23 heavy (non-hydrogen) atoms. The van der Waals surface area contributed by atoms with Crippen LogP contribution in [0, 0.1) is 11.6 Å². The van der Waals surface area contributed by atoms with Gasteiger partial charge in [0.1, 0.15) is 0 Å². The number of alkyl halides is 3. The largest absolute Gasteiger partial charge is 0.413 e. The normalized spacial score (nSPS) is 19.4. The number of urea groups is 1. The molecule has 1 aliphatic heterocycles. The summed E-state index contributed by atoms with van der Waals surface area (Å²) in [6.45, 7) is 0.579. The lowest BCUT2D eigenvalue weighted by Crippen LogP contribution is -2.45. The van der Waals surface area contributed by atoms with Gasteiger partial charge in [0.05, 0.1) is 6.10 Å². The molecule has 4 nitrogen and oxygen atoms in total. The SMILES string of the molecule is O=C(NC[C@H]1CCCO1)N[C@H](c1cccc(F)c1F)C(F)(F)F. The van der Waals surface area contributed by atoms with E-state index in [0.717, 1.165) is 18.6 Å². The Morgan fingerprint density at radius 2 is 2.09 bits per heavy atom. The Bertz CT molecular complexity index is 559. The molecule has 9 heteroatoms. The molecule has 128 valence electrons. The number of ether oxygens (including phenoxy) is 1. The van der Waals surface area contributed by atoms with Gasteiger partial charge in [0.2, 0.25) is 0 Å². The van der Waals surface area contributed by atoms with Crippen LogP contribution in [0.2, 0.25) is 0 Å². The van der Waals surface area contributed by atoms with E-state index in [2.05, 4.69) is 5.32 Å². The second kappa shape index (κ2) is 7.12. The van der Waals surface area contributed by atoms with Gasteiger partial charge in [0.25, 0.3) is 0 Å². The summed E-state index contributed by atoms with van der Waals surface area (Å²) in [5.74, 6) is -3.06. The topological polar surface area (TPSA) is 50.4 Å². The molecule has 1 aromatic rings. The first-order valence-electron chi connectivity index (χ1n) is 6.95. The van der Waals surface area contributed by atoms with Gasteiger partial charge in [-0.3, -0.25) is 0 Å². The highest BCUT2D eigenvalue weighted by Gasteiger charge is 2.43. The highest BCUT2D eigenvalue weighted by molar-refractivity contribution is 5.74. The summed E-state index contributed by atoms with van der Waals surface area (Å²) < 4.78 is 71.1. The third-order valence-electron chi connectivity index (χ3n) is 3.41. The molecule has 2 atom stereocenters. The Hall–Kier alpha value is -1.90. The number of halogens is 5. The van der Waals surface area contributed by atoms with Crippen LogP contribution in [0.1, 0.15) is 24.4 Å². The first kappa shape index (κ1) is 17.5. The molecule has 1 heterocycles. The summed E-state index contributed by atoms with van der Waals surface area (Å²) in [6.07, 6.45) is -3.72. The summed E-state index contributed by atoms with van der Waals surface area (Å²) in [6, 6.07) is -1.37. The van der Waals surface area contributed by atoms with Gasteiger partial charge < -0.3 is 15.4 Å². The predicted molar refractivity (Wildman–Crippen MR) is 70.7 cm³/mol. The number of hydrogen-bond donors (Lipinski definition) is 2. The van der Waals surface area contributed by atoms with Crippen molar-refractivity contribution in [3.8, 4) is 0 Å². The predicted octanol–water partition coefficient (Wildman–Crippen LogP) is 3.05. The first-order chi connectivity index (χ1) is 10.8. The molecular weight excluding hydrogens is 323 g/mol. The molecule has 1 fully saturated rings. The van der Waals surface area contributed by atoms with Gasteiger partial charge in [-0.1, -0.05) is 12.1 Å². The minimum absolute atomic E-state index is 0.0437. The van der Waals surface area contributed by atoms with Gasteiger partial charge in [-0.05, 0) is 18.9 Å². The average molecular weight is 338 g/mol. The van der Waals surface area contributed by atoms with E-state index < -0.39 is 35.4 Å². The quantitative estimate of drug-likeness (QED) is 0.829. The molecule has 0 saturated carbocycles. The fourth-order valence-corrected chi connectivity index (χ4v) is 2.27. The van der Waals surface area contributed by atoms with Crippen LogP contribution in [0.25, 0.3) is 0 Å². The van der Waals surface area contributed by atoms with Crippen molar-refractivity contribution in [2.24, 2.45) is 0 Å². The van der Waals surface area contributed by atoms with E-state index in [1.807, 2.05) is 0 Å². The number of benzene rings is 1. The van der Waals surface area contributed by atoms with Gasteiger partial charge in [0.15, 0.2) is 17.7 Å². The lowest BCUT2D eigenvalue weighted by Gasteiger charge is -2.23. The van der Waals surface area contributed by atoms with Crippen LogP contribution in [-0.2, 0) is 4.74 Å². The van der Waals surface area contributed by atoms with E-state index in [1.165, 1.54) is 0 Å². The lowest BCUT2D eigenvalue weighted by molar-refractivity contribution is -0.155.